The number of nitrogen functional groups attached to an aromatic ring is 1. The number of carbonyl (C=O) groups is 1. The van der Waals surface area contributed by atoms with Crippen LogP contribution in [0, 0.1) is 0 Å². The Morgan fingerprint density at radius 1 is 1.00 bits per heavy atom. The second kappa shape index (κ2) is 10.2. The van der Waals surface area contributed by atoms with Crippen LogP contribution in [-0.4, -0.2) is 38.9 Å². The normalized spacial score (nSPS) is 10.3. The Bertz CT molecular complexity index is 1020. The molecule has 3 rings (SSSR count). The number of nitrogens with one attached hydrogen (secondary N) is 1. The van der Waals surface area contributed by atoms with E-state index in [0.717, 1.165) is 11.3 Å². The molecule has 0 saturated carbocycles. The maximum atomic E-state index is 13.2. The van der Waals surface area contributed by atoms with Gasteiger partial charge in [-0.15, -0.1) is 0 Å². The Hall–Kier alpha value is -3.94. The number of benzene rings is 2. The fourth-order valence-electron chi connectivity index (χ4n) is 3.07. The van der Waals surface area contributed by atoms with Crippen molar-refractivity contribution in [3.63, 3.8) is 0 Å². The van der Waals surface area contributed by atoms with Gasteiger partial charge in [0, 0.05) is 18.8 Å². The highest BCUT2D eigenvalue weighted by Gasteiger charge is 2.24. The van der Waals surface area contributed by atoms with E-state index in [2.05, 4.69) is 10.3 Å². The maximum Gasteiger partial charge on any atom is 0.327 e. The fraction of sp³-hybridized carbons (Fsp3) is 0.217. The summed E-state index contributed by atoms with van der Waals surface area (Å²) in [5.41, 5.74) is 8.07. The van der Waals surface area contributed by atoms with E-state index < -0.39 is 0 Å². The summed E-state index contributed by atoms with van der Waals surface area (Å²) in [4.78, 5) is 18.9. The molecule has 1 heterocycles. The van der Waals surface area contributed by atoms with Crippen molar-refractivity contribution in [3.05, 3.63) is 66.4 Å². The molecule has 0 aliphatic carbocycles. The predicted molar refractivity (Wildman–Crippen MR) is 120 cm³/mol. The number of nitrogens with two attached hydrogens (primary N) is 1. The molecule has 0 radical (unpaired) electrons. The molecule has 0 aliphatic rings. The highest BCUT2D eigenvalue weighted by atomic mass is 16.5. The van der Waals surface area contributed by atoms with E-state index in [4.69, 9.17) is 19.9 Å². The van der Waals surface area contributed by atoms with E-state index in [1.807, 2.05) is 24.3 Å². The smallest absolute Gasteiger partial charge is 0.327 e. The molecule has 0 saturated heterocycles. The number of urea groups is 1. The summed E-state index contributed by atoms with van der Waals surface area (Å²) in [6.45, 7) is 0.423. The van der Waals surface area contributed by atoms with Gasteiger partial charge in [-0.05, 0) is 48.4 Å². The van der Waals surface area contributed by atoms with Gasteiger partial charge in [0.15, 0.2) is 5.82 Å². The van der Waals surface area contributed by atoms with Crippen molar-refractivity contribution in [1.29, 1.82) is 0 Å². The number of carbonyl (C=O) groups excluding carboxylic acids is 1. The van der Waals surface area contributed by atoms with Crippen molar-refractivity contribution in [1.82, 2.24) is 10.3 Å². The third-order valence-electron chi connectivity index (χ3n) is 4.71. The van der Waals surface area contributed by atoms with Crippen molar-refractivity contribution in [2.24, 2.45) is 0 Å². The Morgan fingerprint density at radius 2 is 1.71 bits per heavy atom. The summed E-state index contributed by atoms with van der Waals surface area (Å²) >= 11 is 0. The second-order valence-corrected chi connectivity index (χ2v) is 6.62. The van der Waals surface area contributed by atoms with Crippen LogP contribution in [0.5, 0.6) is 17.2 Å². The predicted octanol–water partition coefficient (Wildman–Crippen LogP) is 3.78. The average molecular weight is 422 g/mol. The standard InChI is InChI=1S/C23H26N4O4/c1-29-17-8-6-16(7-9-17)12-14-26-23(28)27(22-19(24)5-4-13-25-22)20-11-10-18(30-2)15-21(20)31-3/h4-11,13,15H,12,14,24H2,1-3H3,(H,26,28). The molecule has 3 N–H and O–H groups in total. The molecule has 1 aromatic heterocycles. The van der Waals surface area contributed by atoms with E-state index in [9.17, 15) is 4.79 Å². The van der Waals surface area contributed by atoms with Crippen LogP contribution in [0.3, 0.4) is 0 Å². The van der Waals surface area contributed by atoms with Gasteiger partial charge in [0.05, 0.1) is 32.7 Å². The van der Waals surface area contributed by atoms with E-state index in [0.29, 0.717) is 41.7 Å². The zero-order valence-corrected chi connectivity index (χ0v) is 17.8. The lowest BCUT2D eigenvalue weighted by Gasteiger charge is -2.25. The first kappa shape index (κ1) is 21.8. The molecule has 0 fully saturated rings. The molecule has 0 aliphatic heterocycles. The molecule has 3 aromatic rings. The Balaban J connectivity index is 1.84. The first-order valence-corrected chi connectivity index (χ1v) is 9.70. The lowest BCUT2D eigenvalue weighted by molar-refractivity contribution is 0.248. The third kappa shape index (κ3) is 5.16. The number of aromatic nitrogens is 1. The van der Waals surface area contributed by atoms with Gasteiger partial charge in [0.25, 0.3) is 0 Å². The quantitative estimate of drug-likeness (QED) is 0.573. The number of methoxy groups -OCH3 is 3. The van der Waals surface area contributed by atoms with Gasteiger partial charge in [0.1, 0.15) is 17.2 Å². The van der Waals surface area contributed by atoms with Crippen LogP contribution in [-0.2, 0) is 6.42 Å². The van der Waals surface area contributed by atoms with Crippen LogP contribution in [0.4, 0.5) is 22.0 Å². The van der Waals surface area contributed by atoms with Crippen molar-refractivity contribution < 1.29 is 19.0 Å². The number of pyridine rings is 1. The van der Waals surface area contributed by atoms with Crippen molar-refractivity contribution in [2.45, 2.75) is 6.42 Å². The highest BCUT2D eigenvalue weighted by molar-refractivity contribution is 6.02. The van der Waals surface area contributed by atoms with Crippen molar-refractivity contribution >= 4 is 23.2 Å². The lowest BCUT2D eigenvalue weighted by Crippen LogP contribution is -2.38. The van der Waals surface area contributed by atoms with E-state index in [-0.39, 0.29) is 6.03 Å². The number of hydrogen-bond acceptors (Lipinski definition) is 6. The number of ether oxygens (including phenoxy) is 3. The molecule has 31 heavy (non-hydrogen) atoms. The summed E-state index contributed by atoms with van der Waals surface area (Å²) in [6, 6.07) is 15.9. The first-order valence-electron chi connectivity index (χ1n) is 9.70. The largest absolute Gasteiger partial charge is 0.497 e. The summed E-state index contributed by atoms with van der Waals surface area (Å²) in [5.74, 6) is 2.16. The SMILES string of the molecule is COc1ccc(CCNC(=O)N(c2ccc(OC)cc2OC)c2ncccc2N)cc1. The van der Waals surface area contributed by atoms with E-state index >= 15 is 0 Å². The summed E-state index contributed by atoms with van der Waals surface area (Å²) < 4.78 is 15.9. The van der Waals surface area contributed by atoms with Gasteiger partial charge in [-0.3, -0.25) is 0 Å². The highest BCUT2D eigenvalue weighted by Crippen LogP contribution is 2.37. The molecule has 0 spiro atoms. The van der Waals surface area contributed by atoms with Gasteiger partial charge in [0.2, 0.25) is 0 Å². The van der Waals surface area contributed by atoms with Gasteiger partial charge in [-0.1, -0.05) is 12.1 Å². The Labute approximate surface area is 181 Å². The second-order valence-electron chi connectivity index (χ2n) is 6.62. The lowest BCUT2D eigenvalue weighted by atomic mass is 10.1. The van der Waals surface area contributed by atoms with Crippen molar-refractivity contribution in [2.75, 3.05) is 38.5 Å². The first-order chi connectivity index (χ1) is 15.1. The molecule has 8 heteroatoms. The van der Waals surface area contributed by atoms with Gasteiger partial charge in [-0.25, -0.2) is 14.7 Å². The number of amides is 2. The van der Waals surface area contributed by atoms with Crippen LogP contribution in [0.25, 0.3) is 0 Å². The number of anilines is 3. The molecule has 2 aromatic carbocycles. The van der Waals surface area contributed by atoms with Crippen LogP contribution in [0.2, 0.25) is 0 Å². The molecular formula is C23H26N4O4. The van der Waals surface area contributed by atoms with Gasteiger partial charge < -0.3 is 25.3 Å². The zero-order valence-electron chi connectivity index (χ0n) is 17.8. The molecule has 162 valence electrons. The molecule has 0 atom stereocenters. The number of rotatable bonds is 8. The van der Waals surface area contributed by atoms with Crippen LogP contribution < -0.4 is 30.2 Å². The monoisotopic (exact) mass is 422 g/mol. The molecular weight excluding hydrogens is 396 g/mol. The van der Waals surface area contributed by atoms with Gasteiger partial charge in [-0.2, -0.15) is 0 Å². The average Bonchev–Trinajstić information content (AvgIpc) is 2.81. The maximum absolute atomic E-state index is 13.2. The molecule has 0 bridgehead atoms. The Kier molecular flexibility index (Phi) is 7.16. The van der Waals surface area contributed by atoms with E-state index in [1.54, 1.807) is 50.7 Å². The third-order valence-corrected chi connectivity index (χ3v) is 4.71. The minimum atomic E-state index is -0.373. The number of hydrogen-bond donors (Lipinski definition) is 2. The van der Waals surface area contributed by atoms with Gasteiger partial charge >= 0.3 is 6.03 Å². The summed E-state index contributed by atoms with van der Waals surface area (Å²) in [6.07, 6.45) is 2.24. The Morgan fingerprint density at radius 3 is 2.35 bits per heavy atom. The van der Waals surface area contributed by atoms with E-state index in [1.165, 1.54) is 12.0 Å². The minimum absolute atomic E-state index is 0.313. The molecule has 8 nitrogen and oxygen atoms in total. The number of nitrogens with zero attached hydrogens (tertiary/aromatic N) is 2. The molecule has 2 amide bonds. The summed E-state index contributed by atoms with van der Waals surface area (Å²) in [5, 5.41) is 2.94. The van der Waals surface area contributed by atoms with Crippen LogP contribution in [0.1, 0.15) is 5.56 Å². The zero-order chi connectivity index (χ0) is 22.2. The molecule has 0 unspecified atom stereocenters. The fourth-order valence-corrected chi connectivity index (χ4v) is 3.07. The topological polar surface area (TPSA) is 98.9 Å². The van der Waals surface area contributed by atoms with Crippen molar-refractivity contribution in [3.8, 4) is 17.2 Å². The minimum Gasteiger partial charge on any atom is -0.497 e. The van der Waals surface area contributed by atoms with Crippen LogP contribution >= 0.6 is 0 Å². The van der Waals surface area contributed by atoms with Crippen LogP contribution in [0.15, 0.2) is 60.8 Å². The summed E-state index contributed by atoms with van der Waals surface area (Å²) in [7, 11) is 4.72.